The number of nitrogens with zero attached hydrogens (tertiary/aromatic N) is 1. The Kier molecular flexibility index (Phi) is 5.62. The van der Waals surface area contributed by atoms with Crippen LogP contribution < -0.4 is 5.32 Å². The van der Waals surface area contributed by atoms with E-state index in [1.807, 2.05) is 6.92 Å². The van der Waals surface area contributed by atoms with Crippen LogP contribution in [-0.4, -0.2) is 22.6 Å². The third-order valence-corrected chi connectivity index (χ3v) is 2.89. The highest BCUT2D eigenvalue weighted by Gasteiger charge is 2.14. The van der Waals surface area contributed by atoms with E-state index in [1.54, 1.807) is 13.0 Å². The number of aryl methyl sites for hydroxylation is 2. The monoisotopic (exact) mass is 250 g/mol. The predicted molar refractivity (Wildman–Crippen MR) is 73.3 cm³/mol. The van der Waals surface area contributed by atoms with Gasteiger partial charge in [-0.15, -0.1) is 0 Å². The summed E-state index contributed by atoms with van der Waals surface area (Å²) in [6, 6.07) is 1.80. The van der Waals surface area contributed by atoms with Gasteiger partial charge in [0.2, 0.25) is 0 Å². The predicted octanol–water partition coefficient (Wildman–Crippen LogP) is 3.39. The van der Waals surface area contributed by atoms with Crippen LogP contribution >= 0.6 is 0 Å². The first-order valence-electron chi connectivity index (χ1n) is 6.51. The maximum absolute atomic E-state index is 11.2. The number of pyridine rings is 1. The molecule has 0 spiro atoms. The molecule has 18 heavy (non-hydrogen) atoms. The van der Waals surface area contributed by atoms with Gasteiger partial charge in [-0.05, 0) is 26.3 Å². The fourth-order valence-corrected chi connectivity index (χ4v) is 2.01. The van der Waals surface area contributed by atoms with Gasteiger partial charge >= 0.3 is 5.97 Å². The number of hydrogen-bond acceptors (Lipinski definition) is 3. The smallest absolute Gasteiger partial charge is 0.339 e. The van der Waals surface area contributed by atoms with Gasteiger partial charge in [0.05, 0.1) is 11.4 Å². The van der Waals surface area contributed by atoms with Crippen LogP contribution in [0.4, 0.5) is 5.69 Å². The van der Waals surface area contributed by atoms with Crippen molar-refractivity contribution >= 4 is 11.7 Å². The summed E-state index contributed by atoms with van der Waals surface area (Å²) < 4.78 is 0. The van der Waals surface area contributed by atoms with Gasteiger partial charge in [0.1, 0.15) is 5.56 Å². The highest BCUT2D eigenvalue weighted by molar-refractivity contribution is 5.95. The van der Waals surface area contributed by atoms with Crippen molar-refractivity contribution in [2.24, 2.45) is 0 Å². The van der Waals surface area contributed by atoms with Crippen molar-refractivity contribution in [3.05, 3.63) is 23.0 Å². The summed E-state index contributed by atoms with van der Waals surface area (Å²) in [7, 11) is 0. The van der Waals surface area contributed by atoms with Crippen LogP contribution in [0.1, 0.15) is 54.4 Å². The van der Waals surface area contributed by atoms with Gasteiger partial charge in [0.25, 0.3) is 0 Å². The summed E-state index contributed by atoms with van der Waals surface area (Å²) in [5.41, 5.74) is 2.38. The second-order valence-corrected chi connectivity index (χ2v) is 4.56. The van der Waals surface area contributed by atoms with E-state index in [1.165, 1.54) is 19.3 Å². The van der Waals surface area contributed by atoms with E-state index in [9.17, 15) is 9.90 Å². The van der Waals surface area contributed by atoms with Crippen molar-refractivity contribution in [1.29, 1.82) is 0 Å². The molecular formula is C14H22N2O2. The molecule has 0 unspecified atom stereocenters. The Morgan fingerprint density at radius 1 is 1.33 bits per heavy atom. The zero-order valence-electron chi connectivity index (χ0n) is 11.4. The van der Waals surface area contributed by atoms with Crippen LogP contribution in [0.15, 0.2) is 6.07 Å². The summed E-state index contributed by atoms with van der Waals surface area (Å²) in [6.07, 6.45) is 4.66. The standard InChI is InChI=1S/C14H22N2O2/c1-4-5-6-7-8-15-12-9-10(2)16-11(3)13(12)14(17)18/h9H,4-8H2,1-3H3,(H,15,16)(H,17,18). The molecule has 4 nitrogen and oxygen atoms in total. The van der Waals surface area contributed by atoms with Crippen molar-refractivity contribution in [2.45, 2.75) is 46.5 Å². The van der Waals surface area contributed by atoms with Crippen molar-refractivity contribution in [3.8, 4) is 0 Å². The number of anilines is 1. The molecule has 1 aromatic rings. The molecule has 0 saturated heterocycles. The Morgan fingerprint density at radius 2 is 2.06 bits per heavy atom. The number of aromatic carboxylic acids is 1. The molecule has 1 rings (SSSR count). The molecule has 1 aromatic heterocycles. The van der Waals surface area contributed by atoms with Crippen molar-refractivity contribution in [3.63, 3.8) is 0 Å². The van der Waals surface area contributed by atoms with Gasteiger partial charge < -0.3 is 10.4 Å². The number of hydrogen-bond donors (Lipinski definition) is 2. The fraction of sp³-hybridized carbons (Fsp3) is 0.571. The highest BCUT2D eigenvalue weighted by Crippen LogP contribution is 2.19. The summed E-state index contributed by atoms with van der Waals surface area (Å²) in [5.74, 6) is -0.920. The number of rotatable bonds is 7. The zero-order valence-corrected chi connectivity index (χ0v) is 11.4. The first-order chi connectivity index (χ1) is 8.56. The molecule has 1 heterocycles. The molecule has 0 aromatic carbocycles. The number of unbranched alkanes of at least 4 members (excludes halogenated alkanes) is 3. The minimum absolute atomic E-state index is 0.288. The quantitative estimate of drug-likeness (QED) is 0.728. The van der Waals surface area contributed by atoms with E-state index in [0.717, 1.165) is 18.7 Å². The zero-order chi connectivity index (χ0) is 13.5. The van der Waals surface area contributed by atoms with Crippen LogP contribution in [0.3, 0.4) is 0 Å². The Hall–Kier alpha value is -1.58. The number of carboxylic acids is 1. The Balaban J connectivity index is 2.71. The van der Waals surface area contributed by atoms with E-state index in [2.05, 4.69) is 17.2 Å². The van der Waals surface area contributed by atoms with Gasteiger partial charge in [-0.1, -0.05) is 26.2 Å². The lowest BCUT2D eigenvalue weighted by Gasteiger charge is -2.12. The maximum atomic E-state index is 11.2. The van der Waals surface area contributed by atoms with Gasteiger partial charge in [0, 0.05) is 12.2 Å². The Morgan fingerprint density at radius 3 is 2.67 bits per heavy atom. The third kappa shape index (κ3) is 4.02. The Labute approximate surface area is 108 Å². The van der Waals surface area contributed by atoms with Crippen LogP contribution in [0.25, 0.3) is 0 Å². The minimum Gasteiger partial charge on any atom is -0.478 e. The van der Waals surface area contributed by atoms with Gasteiger partial charge in [-0.25, -0.2) is 4.79 Å². The molecule has 0 bridgehead atoms. The molecule has 0 amide bonds. The lowest BCUT2D eigenvalue weighted by molar-refractivity contribution is 0.0696. The summed E-state index contributed by atoms with van der Waals surface area (Å²) >= 11 is 0. The molecule has 2 N–H and O–H groups in total. The first-order valence-corrected chi connectivity index (χ1v) is 6.51. The molecule has 4 heteroatoms. The van der Waals surface area contributed by atoms with Crippen LogP contribution in [0.2, 0.25) is 0 Å². The van der Waals surface area contributed by atoms with Crippen LogP contribution in [0, 0.1) is 13.8 Å². The van der Waals surface area contributed by atoms with Crippen LogP contribution in [0.5, 0.6) is 0 Å². The summed E-state index contributed by atoms with van der Waals surface area (Å²) in [6.45, 7) is 6.59. The molecule has 0 aliphatic carbocycles. The topological polar surface area (TPSA) is 62.2 Å². The number of nitrogens with one attached hydrogen (secondary N) is 1. The minimum atomic E-state index is -0.920. The second-order valence-electron chi connectivity index (χ2n) is 4.56. The van der Waals surface area contributed by atoms with Gasteiger partial charge in [0.15, 0.2) is 0 Å². The largest absolute Gasteiger partial charge is 0.478 e. The summed E-state index contributed by atoms with van der Waals surface area (Å²) in [5, 5.41) is 12.4. The van der Waals surface area contributed by atoms with E-state index < -0.39 is 5.97 Å². The lowest BCUT2D eigenvalue weighted by Crippen LogP contribution is -2.11. The van der Waals surface area contributed by atoms with E-state index >= 15 is 0 Å². The van der Waals surface area contributed by atoms with E-state index in [4.69, 9.17) is 0 Å². The molecule has 0 aliphatic rings. The van der Waals surface area contributed by atoms with Crippen molar-refractivity contribution < 1.29 is 9.90 Å². The molecule has 0 fully saturated rings. The van der Waals surface area contributed by atoms with E-state index in [-0.39, 0.29) is 5.56 Å². The molecule has 0 saturated carbocycles. The summed E-state index contributed by atoms with van der Waals surface area (Å²) in [4.78, 5) is 15.4. The van der Waals surface area contributed by atoms with Crippen molar-refractivity contribution in [1.82, 2.24) is 4.98 Å². The number of aromatic nitrogens is 1. The normalized spacial score (nSPS) is 10.4. The highest BCUT2D eigenvalue weighted by atomic mass is 16.4. The Bertz CT molecular complexity index is 417. The third-order valence-electron chi connectivity index (χ3n) is 2.89. The first kappa shape index (κ1) is 14.5. The maximum Gasteiger partial charge on any atom is 0.339 e. The number of carboxylic acid groups (broad SMARTS) is 1. The fourth-order valence-electron chi connectivity index (χ4n) is 2.01. The molecular weight excluding hydrogens is 228 g/mol. The second kappa shape index (κ2) is 6.99. The molecule has 0 atom stereocenters. The average Bonchev–Trinajstić information content (AvgIpc) is 2.27. The molecule has 0 radical (unpaired) electrons. The number of carbonyl (C=O) groups is 1. The van der Waals surface area contributed by atoms with E-state index in [0.29, 0.717) is 11.4 Å². The lowest BCUT2D eigenvalue weighted by atomic mass is 10.1. The van der Waals surface area contributed by atoms with Gasteiger partial charge in [-0.3, -0.25) is 4.98 Å². The molecule has 0 aliphatic heterocycles. The molecule has 100 valence electrons. The van der Waals surface area contributed by atoms with Gasteiger partial charge in [-0.2, -0.15) is 0 Å². The SMILES string of the molecule is CCCCCCNc1cc(C)nc(C)c1C(=O)O. The van der Waals surface area contributed by atoms with Crippen LogP contribution in [-0.2, 0) is 0 Å². The van der Waals surface area contributed by atoms with Crippen molar-refractivity contribution in [2.75, 3.05) is 11.9 Å². The average molecular weight is 250 g/mol.